The molecule has 1 radical (unpaired) electrons. The standard InChI is InChI=1S/C10H13/c1-4-6-8-10(3)9-7-5-2/h1H,5-6,8H2,2-3H3. The molecule has 0 heterocycles. The molecular formula is C10H13. The molecule has 0 aliphatic carbocycles. The molecule has 0 saturated carbocycles. The van der Waals surface area contributed by atoms with E-state index in [9.17, 15) is 0 Å². The Labute approximate surface area is 64.0 Å². The van der Waals surface area contributed by atoms with Gasteiger partial charge in [-0.25, -0.2) is 0 Å². The minimum absolute atomic E-state index is 0.810. The lowest BCUT2D eigenvalue weighted by Crippen LogP contribution is -1.85. The van der Waals surface area contributed by atoms with Crippen LogP contribution in [0.2, 0.25) is 0 Å². The fraction of sp³-hybridized carbons (Fsp3) is 0.500. The highest BCUT2D eigenvalue weighted by molar-refractivity contribution is 5.19. The van der Waals surface area contributed by atoms with Gasteiger partial charge in [-0.3, -0.25) is 0 Å². The van der Waals surface area contributed by atoms with E-state index < -0.39 is 0 Å². The van der Waals surface area contributed by atoms with Gasteiger partial charge in [0.15, 0.2) is 0 Å². The second kappa shape index (κ2) is 6.24. The van der Waals surface area contributed by atoms with Gasteiger partial charge < -0.3 is 0 Å². The number of hydrogen-bond acceptors (Lipinski definition) is 0. The van der Waals surface area contributed by atoms with Crippen molar-refractivity contribution in [3.63, 3.8) is 0 Å². The molecule has 0 unspecified atom stereocenters. The van der Waals surface area contributed by atoms with Gasteiger partial charge in [-0.1, -0.05) is 12.8 Å². The fourth-order valence-electron chi connectivity index (χ4n) is 0.561. The molecule has 10 heavy (non-hydrogen) atoms. The number of terminal acetylenes is 1. The third kappa shape index (κ3) is 5.26. The van der Waals surface area contributed by atoms with E-state index in [2.05, 4.69) is 17.8 Å². The van der Waals surface area contributed by atoms with E-state index in [1.165, 1.54) is 5.92 Å². The van der Waals surface area contributed by atoms with Crippen LogP contribution >= 0.6 is 0 Å². The Hall–Kier alpha value is -0.880. The topological polar surface area (TPSA) is 0 Å². The van der Waals surface area contributed by atoms with E-state index in [0.717, 1.165) is 19.3 Å². The molecule has 0 fully saturated rings. The van der Waals surface area contributed by atoms with Crippen molar-refractivity contribution in [2.45, 2.75) is 33.1 Å². The maximum atomic E-state index is 5.09. The first kappa shape index (κ1) is 9.12. The zero-order valence-electron chi connectivity index (χ0n) is 6.70. The first-order valence-electron chi connectivity index (χ1n) is 3.56. The summed E-state index contributed by atoms with van der Waals surface area (Å²) < 4.78 is 0. The lowest BCUT2D eigenvalue weighted by Gasteiger charge is -1.95. The summed E-state index contributed by atoms with van der Waals surface area (Å²) >= 11 is 0. The van der Waals surface area contributed by atoms with Crippen LogP contribution in [0.1, 0.15) is 33.1 Å². The molecule has 0 amide bonds. The average molecular weight is 133 g/mol. The lowest BCUT2D eigenvalue weighted by molar-refractivity contribution is 0.929. The van der Waals surface area contributed by atoms with E-state index in [1.54, 1.807) is 0 Å². The van der Waals surface area contributed by atoms with Crippen molar-refractivity contribution in [1.29, 1.82) is 0 Å². The van der Waals surface area contributed by atoms with E-state index in [-0.39, 0.29) is 0 Å². The van der Waals surface area contributed by atoms with Crippen LogP contribution in [0.3, 0.4) is 0 Å². The van der Waals surface area contributed by atoms with Gasteiger partial charge in [0.2, 0.25) is 0 Å². The molecule has 0 aromatic heterocycles. The van der Waals surface area contributed by atoms with E-state index >= 15 is 0 Å². The zero-order chi connectivity index (χ0) is 7.82. The molecule has 0 nitrogen and oxygen atoms in total. The maximum absolute atomic E-state index is 5.09. The number of rotatable bonds is 2. The Balaban J connectivity index is 3.45. The summed E-state index contributed by atoms with van der Waals surface area (Å²) in [5, 5.41) is 0. The molecule has 0 atom stereocenters. The highest BCUT2D eigenvalue weighted by atomic mass is 14.0. The third-order valence-electron chi connectivity index (χ3n) is 1.12. The van der Waals surface area contributed by atoms with Crippen molar-refractivity contribution >= 4 is 0 Å². The van der Waals surface area contributed by atoms with E-state index in [1.807, 2.05) is 13.8 Å². The van der Waals surface area contributed by atoms with Crippen molar-refractivity contribution in [2.24, 2.45) is 0 Å². The Morgan fingerprint density at radius 3 is 2.70 bits per heavy atom. The number of hydrogen-bond donors (Lipinski definition) is 0. The Bertz CT molecular complexity index is 161. The normalized spacial score (nSPS) is 8.20. The highest BCUT2D eigenvalue weighted by Gasteiger charge is 1.93. The average Bonchev–Trinajstić information content (AvgIpc) is 1.97. The smallest absolute Gasteiger partial charge is 0.0458 e. The van der Waals surface area contributed by atoms with Gasteiger partial charge in [0.05, 0.1) is 0 Å². The quantitative estimate of drug-likeness (QED) is 0.507. The van der Waals surface area contributed by atoms with Crippen LogP contribution in [0.5, 0.6) is 0 Å². The third-order valence-corrected chi connectivity index (χ3v) is 1.12. The summed E-state index contributed by atoms with van der Waals surface area (Å²) in [5.74, 6) is 9.82. The minimum atomic E-state index is 0.810. The molecule has 0 aliphatic heterocycles. The van der Waals surface area contributed by atoms with Crippen LogP contribution in [0.15, 0.2) is 0 Å². The van der Waals surface area contributed by atoms with Crippen LogP contribution in [-0.2, 0) is 0 Å². The summed E-state index contributed by atoms with van der Waals surface area (Å²) in [6.07, 6.45) is 7.78. The molecule has 0 heteroatoms. The van der Waals surface area contributed by atoms with Crippen LogP contribution < -0.4 is 0 Å². The molecule has 0 aromatic carbocycles. The lowest BCUT2D eigenvalue weighted by atomic mass is 10.1. The molecule has 0 spiro atoms. The fourth-order valence-corrected chi connectivity index (χ4v) is 0.561. The van der Waals surface area contributed by atoms with Crippen molar-refractivity contribution in [3.8, 4) is 24.2 Å². The molecule has 0 rings (SSSR count). The van der Waals surface area contributed by atoms with Crippen molar-refractivity contribution in [1.82, 2.24) is 0 Å². The van der Waals surface area contributed by atoms with Crippen LogP contribution in [0, 0.1) is 30.1 Å². The van der Waals surface area contributed by atoms with Gasteiger partial charge in [-0.15, -0.1) is 18.3 Å². The zero-order valence-corrected chi connectivity index (χ0v) is 6.70. The predicted molar refractivity (Wildman–Crippen MR) is 45.1 cm³/mol. The molecule has 53 valence electrons. The summed E-state index contributed by atoms with van der Waals surface area (Å²) in [6.45, 7) is 4.07. The summed E-state index contributed by atoms with van der Waals surface area (Å²) in [4.78, 5) is 0. The first-order chi connectivity index (χ1) is 4.81. The first-order valence-corrected chi connectivity index (χ1v) is 3.56. The summed E-state index contributed by atoms with van der Waals surface area (Å²) in [6, 6.07) is 0. The summed E-state index contributed by atoms with van der Waals surface area (Å²) in [7, 11) is 0. The SMILES string of the molecule is C#CCC[C](C)C#CCC. The second-order valence-corrected chi connectivity index (χ2v) is 2.14. The predicted octanol–water partition coefficient (Wildman–Crippen LogP) is 2.41. The van der Waals surface area contributed by atoms with Crippen molar-refractivity contribution in [2.75, 3.05) is 0 Å². The molecule has 0 aromatic rings. The molecular weight excluding hydrogens is 120 g/mol. The highest BCUT2D eigenvalue weighted by Crippen LogP contribution is 2.04. The van der Waals surface area contributed by atoms with Gasteiger partial charge in [0, 0.05) is 18.8 Å². The van der Waals surface area contributed by atoms with Gasteiger partial charge in [0.25, 0.3) is 0 Å². The van der Waals surface area contributed by atoms with Crippen LogP contribution in [0.25, 0.3) is 0 Å². The Morgan fingerprint density at radius 1 is 1.50 bits per heavy atom. The molecule has 0 aliphatic rings. The van der Waals surface area contributed by atoms with Gasteiger partial charge in [-0.2, -0.15) is 0 Å². The maximum Gasteiger partial charge on any atom is 0.0458 e. The molecule has 0 N–H and O–H groups in total. The van der Waals surface area contributed by atoms with E-state index in [4.69, 9.17) is 6.42 Å². The largest absolute Gasteiger partial charge is 0.120 e. The Morgan fingerprint density at radius 2 is 2.20 bits per heavy atom. The van der Waals surface area contributed by atoms with Gasteiger partial charge >= 0.3 is 0 Å². The van der Waals surface area contributed by atoms with Crippen molar-refractivity contribution in [3.05, 3.63) is 5.92 Å². The summed E-state index contributed by atoms with van der Waals surface area (Å²) in [5.41, 5.74) is 0. The second-order valence-electron chi connectivity index (χ2n) is 2.14. The van der Waals surface area contributed by atoms with E-state index in [0.29, 0.717) is 0 Å². The monoisotopic (exact) mass is 133 g/mol. The minimum Gasteiger partial charge on any atom is -0.120 e. The van der Waals surface area contributed by atoms with Crippen molar-refractivity contribution < 1.29 is 0 Å². The Kier molecular flexibility index (Phi) is 5.69. The molecule has 0 bridgehead atoms. The van der Waals surface area contributed by atoms with Crippen LogP contribution in [0.4, 0.5) is 0 Å². The van der Waals surface area contributed by atoms with Gasteiger partial charge in [0.1, 0.15) is 0 Å². The van der Waals surface area contributed by atoms with Crippen LogP contribution in [-0.4, -0.2) is 0 Å². The van der Waals surface area contributed by atoms with Gasteiger partial charge in [-0.05, 0) is 13.3 Å². The molecule has 0 saturated heterocycles.